The van der Waals surface area contributed by atoms with E-state index in [9.17, 15) is 0 Å². The monoisotopic (exact) mass is 260 g/mol. The third kappa shape index (κ3) is 2.67. The molecule has 0 amide bonds. The summed E-state index contributed by atoms with van der Waals surface area (Å²) in [6.45, 7) is 3.48. The van der Waals surface area contributed by atoms with E-state index in [0.717, 1.165) is 6.54 Å². The van der Waals surface area contributed by atoms with Gasteiger partial charge < -0.3 is 4.74 Å². The predicted molar refractivity (Wildman–Crippen MR) is 75.8 cm³/mol. The Labute approximate surface area is 116 Å². The quantitative estimate of drug-likeness (QED) is 0.835. The van der Waals surface area contributed by atoms with Crippen molar-refractivity contribution in [3.05, 3.63) is 30.1 Å². The molecular weight excluding hydrogens is 236 g/mol. The normalized spacial score (nSPS) is 31.9. The standard InChI is InChI=1S/C16H24N2O/c1-19-15-4-2-7-16(15)8-3-11-18(13-16)12-14-5-9-17-10-6-14/h5-6,9-10,15H,2-4,7-8,11-13H2,1H3/t15-,16-/m1/s1. The van der Waals surface area contributed by atoms with Crippen molar-refractivity contribution in [2.75, 3.05) is 20.2 Å². The lowest BCUT2D eigenvalue weighted by atomic mass is 9.76. The molecule has 1 aromatic heterocycles. The fourth-order valence-corrected chi connectivity index (χ4v) is 4.08. The van der Waals surface area contributed by atoms with E-state index in [1.54, 1.807) is 0 Å². The van der Waals surface area contributed by atoms with Crippen LogP contribution in [0.15, 0.2) is 24.5 Å². The van der Waals surface area contributed by atoms with Crippen molar-refractivity contribution in [2.45, 2.75) is 44.8 Å². The Morgan fingerprint density at radius 2 is 2.11 bits per heavy atom. The lowest BCUT2D eigenvalue weighted by molar-refractivity contribution is -0.0366. The van der Waals surface area contributed by atoms with Crippen molar-refractivity contribution >= 4 is 0 Å². The first kappa shape index (κ1) is 13.1. The van der Waals surface area contributed by atoms with E-state index in [4.69, 9.17) is 4.74 Å². The molecule has 0 bridgehead atoms. The summed E-state index contributed by atoms with van der Waals surface area (Å²) < 4.78 is 5.77. The summed E-state index contributed by atoms with van der Waals surface area (Å²) >= 11 is 0. The fraction of sp³-hybridized carbons (Fsp3) is 0.688. The largest absolute Gasteiger partial charge is 0.381 e. The zero-order chi connectivity index (χ0) is 13.1. The van der Waals surface area contributed by atoms with Crippen molar-refractivity contribution in [1.29, 1.82) is 0 Å². The summed E-state index contributed by atoms with van der Waals surface area (Å²) in [4.78, 5) is 6.70. The van der Waals surface area contributed by atoms with Gasteiger partial charge in [0.1, 0.15) is 0 Å². The van der Waals surface area contributed by atoms with E-state index in [1.165, 1.54) is 50.8 Å². The van der Waals surface area contributed by atoms with Crippen LogP contribution >= 0.6 is 0 Å². The number of rotatable bonds is 3. The molecule has 1 aliphatic heterocycles. The molecule has 1 aliphatic carbocycles. The molecule has 104 valence electrons. The number of nitrogens with zero attached hydrogens (tertiary/aromatic N) is 2. The minimum atomic E-state index is 0.431. The molecule has 2 atom stereocenters. The Hall–Kier alpha value is -0.930. The molecule has 3 rings (SSSR count). The van der Waals surface area contributed by atoms with Crippen LogP contribution in [0.2, 0.25) is 0 Å². The third-order valence-corrected chi connectivity index (χ3v) is 4.95. The maximum Gasteiger partial charge on any atom is 0.0639 e. The molecule has 2 heterocycles. The number of pyridine rings is 1. The zero-order valence-electron chi connectivity index (χ0n) is 11.8. The van der Waals surface area contributed by atoms with Crippen LogP contribution in [-0.2, 0) is 11.3 Å². The molecule has 3 nitrogen and oxygen atoms in total. The van der Waals surface area contributed by atoms with Crippen molar-refractivity contribution in [3.8, 4) is 0 Å². The highest BCUT2D eigenvalue weighted by Crippen LogP contribution is 2.46. The Bertz CT molecular complexity index is 408. The van der Waals surface area contributed by atoms with Gasteiger partial charge in [0.05, 0.1) is 6.10 Å². The van der Waals surface area contributed by atoms with Crippen LogP contribution in [0.5, 0.6) is 0 Å². The molecule has 2 fully saturated rings. The van der Waals surface area contributed by atoms with Gasteiger partial charge in [0, 0.05) is 38.0 Å². The summed E-state index contributed by atoms with van der Waals surface area (Å²) in [5, 5.41) is 0. The number of hydrogen-bond donors (Lipinski definition) is 0. The minimum Gasteiger partial charge on any atom is -0.381 e. The fourth-order valence-electron chi connectivity index (χ4n) is 4.08. The number of methoxy groups -OCH3 is 1. The van der Waals surface area contributed by atoms with Crippen LogP contribution in [-0.4, -0.2) is 36.2 Å². The summed E-state index contributed by atoms with van der Waals surface area (Å²) in [7, 11) is 1.89. The molecule has 0 aromatic carbocycles. The molecule has 2 aliphatic rings. The van der Waals surface area contributed by atoms with Gasteiger partial charge in [0.25, 0.3) is 0 Å². The molecular formula is C16H24N2O. The molecule has 1 saturated heterocycles. The van der Waals surface area contributed by atoms with Crippen molar-refractivity contribution in [3.63, 3.8) is 0 Å². The molecule has 0 N–H and O–H groups in total. The molecule has 1 spiro atoms. The van der Waals surface area contributed by atoms with Gasteiger partial charge in [-0.15, -0.1) is 0 Å². The third-order valence-electron chi connectivity index (χ3n) is 4.95. The van der Waals surface area contributed by atoms with E-state index in [2.05, 4.69) is 22.0 Å². The molecule has 0 unspecified atom stereocenters. The molecule has 3 heteroatoms. The van der Waals surface area contributed by atoms with Crippen molar-refractivity contribution in [1.82, 2.24) is 9.88 Å². The van der Waals surface area contributed by atoms with E-state index in [1.807, 2.05) is 19.5 Å². The number of aromatic nitrogens is 1. The SMILES string of the molecule is CO[C@@H]1CCC[C@]12CCCN(Cc1ccncc1)C2. The first-order chi connectivity index (χ1) is 9.32. The van der Waals surface area contributed by atoms with E-state index < -0.39 is 0 Å². The van der Waals surface area contributed by atoms with Gasteiger partial charge >= 0.3 is 0 Å². The summed E-state index contributed by atoms with van der Waals surface area (Å²) in [6, 6.07) is 4.26. The number of likely N-dealkylation sites (tertiary alicyclic amines) is 1. The van der Waals surface area contributed by atoms with Gasteiger partial charge in [0.15, 0.2) is 0 Å². The zero-order valence-corrected chi connectivity index (χ0v) is 11.8. The second-order valence-electron chi connectivity index (χ2n) is 6.15. The number of piperidine rings is 1. The predicted octanol–water partition coefficient (Wildman–Crippen LogP) is 2.86. The van der Waals surface area contributed by atoms with Crippen LogP contribution < -0.4 is 0 Å². The molecule has 19 heavy (non-hydrogen) atoms. The van der Waals surface area contributed by atoms with E-state index in [-0.39, 0.29) is 0 Å². The maximum atomic E-state index is 5.77. The van der Waals surface area contributed by atoms with Crippen molar-refractivity contribution in [2.24, 2.45) is 5.41 Å². The van der Waals surface area contributed by atoms with Gasteiger partial charge in [-0.1, -0.05) is 6.42 Å². The van der Waals surface area contributed by atoms with Gasteiger partial charge in [-0.05, 0) is 49.9 Å². The average Bonchev–Trinajstić information content (AvgIpc) is 2.82. The molecule has 1 saturated carbocycles. The van der Waals surface area contributed by atoms with Crippen LogP contribution in [0.3, 0.4) is 0 Å². The second kappa shape index (κ2) is 5.59. The van der Waals surface area contributed by atoms with Crippen LogP contribution in [0, 0.1) is 5.41 Å². The molecule has 1 aromatic rings. The van der Waals surface area contributed by atoms with E-state index >= 15 is 0 Å². The van der Waals surface area contributed by atoms with Gasteiger partial charge in [-0.25, -0.2) is 0 Å². The van der Waals surface area contributed by atoms with E-state index in [0.29, 0.717) is 11.5 Å². The first-order valence-corrected chi connectivity index (χ1v) is 7.46. The highest BCUT2D eigenvalue weighted by atomic mass is 16.5. The maximum absolute atomic E-state index is 5.77. The Balaban J connectivity index is 1.68. The lowest BCUT2D eigenvalue weighted by Gasteiger charge is -2.43. The Morgan fingerprint density at radius 3 is 2.89 bits per heavy atom. The number of ether oxygens (including phenoxy) is 1. The Kier molecular flexibility index (Phi) is 3.85. The first-order valence-electron chi connectivity index (χ1n) is 7.46. The van der Waals surface area contributed by atoms with Crippen molar-refractivity contribution < 1.29 is 4.74 Å². The van der Waals surface area contributed by atoms with Crippen LogP contribution in [0.4, 0.5) is 0 Å². The van der Waals surface area contributed by atoms with Crippen LogP contribution in [0.1, 0.15) is 37.7 Å². The topological polar surface area (TPSA) is 25.4 Å². The number of hydrogen-bond acceptors (Lipinski definition) is 3. The Morgan fingerprint density at radius 1 is 1.32 bits per heavy atom. The smallest absolute Gasteiger partial charge is 0.0639 e. The highest BCUT2D eigenvalue weighted by molar-refractivity contribution is 5.10. The minimum absolute atomic E-state index is 0.431. The summed E-state index contributed by atoms with van der Waals surface area (Å²) in [6.07, 6.45) is 10.8. The van der Waals surface area contributed by atoms with Crippen LogP contribution in [0.25, 0.3) is 0 Å². The highest BCUT2D eigenvalue weighted by Gasteiger charge is 2.45. The second-order valence-corrected chi connectivity index (χ2v) is 6.15. The van der Waals surface area contributed by atoms with Gasteiger partial charge in [-0.2, -0.15) is 0 Å². The molecule has 0 radical (unpaired) electrons. The lowest BCUT2D eigenvalue weighted by Crippen LogP contribution is -2.47. The van der Waals surface area contributed by atoms with Gasteiger partial charge in [0.2, 0.25) is 0 Å². The average molecular weight is 260 g/mol. The summed E-state index contributed by atoms with van der Waals surface area (Å²) in [5.74, 6) is 0. The van der Waals surface area contributed by atoms with Gasteiger partial charge in [-0.3, -0.25) is 9.88 Å². The summed E-state index contributed by atoms with van der Waals surface area (Å²) in [5.41, 5.74) is 1.80.